The van der Waals surface area contributed by atoms with E-state index in [1.165, 1.54) is 12.0 Å². The predicted octanol–water partition coefficient (Wildman–Crippen LogP) is 3.45. The number of ether oxygens (including phenoxy) is 1. The third-order valence-electron chi connectivity index (χ3n) is 5.33. The quantitative estimate of drug-likeness (QED) is 0.442. The summed E-state index contributed by atoms with van der Waals surface area (Å²) in [6.07, 6.45) is 2.77. The number of carbonyl (C=O) groups excluding carboxylic acids is 2. The number of anilines is 1. The number of methoxy groups -OCH3 is 1. The Morgan fingerprint density at radius 3 is 2.32 bits per heavy atom. The van der Waals surface area contributed by atoms with Gasteiger partial charge in [-0.15, -0.1) is 0 Å². The number of halogens is 1. The van der Waals surface area contributed by atoms with Gasteiger partial charge in [-0.05, 0) is 49.2 Å². The summed E-state index contributed by atoms with van der Waals surface area (Å²) in [5.41, 5.74) is 0.968. The van der Waals surface area contributed by atoms with Gasteiger partial charge in [-0.1, -0.05) is 43.1 Å². The van der Waals surface area contributed by atoms with E-state index in [1.807, 2.05) is 6.92 Å². The third kappa shape index (κ3) is 7.63. The molecule has 0 aromatic heterocycles. The molecule has 186 valence electrons. The summed E-state index contributed by atoms with van der Waals surface area (Å²) >= 11 is 6.31. The minimum Gasteiger partial charge on any atom is -0.497 e. The summed E-state index contributed by atoms with van der Waals surface area (Å²) in [4.78, 5) is 27.6. The molecule has 0 bridgehead atoms. The number of carbonyl (C=O) groups is 2. The second kappa shape index (κ2) is 12.6. The van der Waals surface area contributed by atoms with Crippen LogP contribution in [0.4, 0.5) is 5.69 Å². The number of hydrogen-bond acceptors (Lipinski definition) is 5. The summed E-state index contributed by atoms with van der Waals surface area (Å²) < 4.78 is 31.3. The highest BCUT2D eigenvalue weighted by Gasteiger charge is 2.30. The molecule has 10 heteroatoms. The van der Waals surface area contributed by atoms with Gasteiger partial charge in [-0.3, -0.25) is 13.9 Å². The van der Waals surface area contributed by atoms with Crippen LogP contribution in [0.15, 0.2) is 48.5 Å². The molecule has 0 saturated carbocycles. The van der Waals surface area contributed by atoms with E-state index in [4.69, 9.17) is 16.3 Å². The van der Waals surface area contributed by atoms with Gasteiger partial charge in [0.05, 0.1) is 19.1 Å². The minimum absolute atomic E-state index is 0.0566. The largest absolute Gasteiger partial charge is 0.497 e. The Morgan fingerprint density at radius 2 is 1.76 bits per heavy atom. The van der Waals surface area contributed by atoms with Crippen molar-refractivity contribution in [3.8, 4) is 5.75 Å². The molecule has 34 heavy (non-hydrogen) atoms. The lowest BCUT2D eigenvalue weighted by Gasteiger charge is -2.31. The van der Waals surface area contributed by atoms with E-state index in [9.17, 15) is 18.0 Å². The van der Waals surface area contributed by atoms with Crippen molar-refractivity contribution in [3.05, 3.63) is 59.1 Å². The van der Waals surface area contributed by atoms with Crippen LogP contribution < -0.4 is 14.4 Å². The molecule has 2 aromatic rings. The molecule has 2 amide bonds. The first-order valence-electron chi connectivity index (χ1n) is 11.0. The number of rotatable bonds is 12. The molecule has 2 rings (SSSR count). The second-order valence-corrected chi connectivity index (χ2v) is 10.2. The zero-order valence-electron chi connectivity index (χ0n) is 20.0. The molecule has 1 N–H and O–H groups in total. The maximum atomic E-state index is 13.5. The van der Waals surface area contributed by atoms with E-state index in [-0.39, 0.29) is 12.5 Å². The molecule has 2 aromatic carbocycles. The van der Waals surface area contributed by atoms with Crippen LogP contribution in [0.2, 0.25) is 5.02 Å². The van der Waals surface area contributed by atoms with Crippen molar-refractivity contribution in [3.63, 3.8) is 0 Å². The van der Waals surface area contributed by atoms with Gasteiger partial charge in [-0.2, -0.15) is 0 Å². The predicted molar refractivity (Wildman–Crippen MR) is 135 cm³/mol. The molecule has 0 aliphatic carbocycles. The van der Waals surface area contributed by atoms with Crippen molar-refractivity contribution >= 4 is 39.1 Å². The smallest absolute Gasteiger partial charge is 0.244 e. The normalized spacial score (nSPS) is 12.0. The Balaban J connectivity index is 2.35. The van der Waals surface area contributed by atoms with Gasteiger partial charge in [0.1, 0.15) is 18.3 Å². The van der Waals surface area contributed by atoms with Crippen molar-refractivity contribution in [2.75, 3.05) is 30.8 Å². The molecule has 0 aliphatic heterocycles. The number of hydrogen-bond donors (Lipinski definition) is 1. The van der Waals surface area contributed by atoms with E-state index in [0.717, 1.165) is 23.4 Å². The Hall–Kier alpha value is -2.78. The number of nitrogens with one attached hydrogen (secondary N) is 1. The SMILES string of the molecule is CCCCNC(=O)[C@H](C)N(Cc1ccccc1Cl)C(=O)CN(c1ccc(OC)cc1)S(C)(=O)=O. The van der Waals surface area contributed by atoms with Crippen LogP contribution in [-0.4, -0.2) is 57.6 Å². The Labute approximate surface area is 206 Å². The van der Waals surface area contributed by atoms with Gasteiger partial charge < -0.3 is 15.0 Å². The van der Waals surface area contributed by atoms with Crippen LogP contribution >= 0.6 is 11.6 Å². The lowest BCUT2D eigenvalue weighted by Crippen LogP contribution is -2.51. The van der Waals surface area contributed by atoms with Crippen LogP contribution in [0.1, 0.15) is 32.3 Å². The Bertz CT molecular complexity index is 1080. The minimum atomic E-state index is -3.79. The second-order valence-electron chi connectivity index (χ2n) is 7.90. The van der Waals surface area contributed by atoms with Crippen molar-refractivity contribution in [1.29, 1.82) is 0 Å². The fraction of sp³-hybridized carbons (Fsp3) is 0.417. The number of sulfonamides is 1. The maximum Gasteiger partial charge on any atom is 0.244 e. The van der Waals surface area contributed by atoms with Gasteiger partial charge in [0.15, 0.2) is 0 Å². The van der Waals surface area contributed by atoms with Gasteiger partial charge in [0.2, 0.25) is 21.8 Å². The molecule has 8 nitrogen and oxygen atoms in total. The lowest BCUT2D eigenvalue weighted by atomic mass is 10.1. The van der Waals surface area contributed by atoms with Crippen molar-refractivity contribution in [2.24, 2.45) is 0 Å². The zero-order chi connectivity index (χ0) is 25.3. The highest BCUT2D eigenvalue weighted by Crippen LogP contribution is 2.23. The van der Waals surface area contributed by atoms with Crippen LogP contribution in [0.5, 0.6) is 5.75 Å². The zero-order valence-corrected chi connectivity index (χ0v) is 21.5. The maximum absolute atomic E-state index is 13.5. The van der Waals surface area contributed by atoms with E-state index in [1.54, 1.807) is 55.5 Å². The van der Waals surface area contributed by atoms with Crippen LogP contribution in [0, 0.1) is 0 Å². The summed E-state index contributed by atoms with van der Waals surface area (Å²) in [5, 5.41) is 3.29. The summed E-state index contributed by atoms with van der Waals surface area (Å²) in [6.45, 7) is 3.72. The molecule has 0 aliphatic rings. The van der Waals surface area contributed by atoms with Crippen LogP contribution in [0.3, 0.4) is 0 Å². The Kier molecular flexibility index (Phi) is 10.2. The van der Waals surface area contributed by atoms with E-state index >= 15 is 0 Å². The topological polar surface area (TPSA) is 96.0 Å². The monoisotopic (exact) mass is 509 g/mol. The summed E-state index contributed by atoms with van der Waals surface area (Å²) in [5.74, 6) is -0.287. The summed E-state index contributed by atoms with van der Waals surface area (Å²) in [7, 11) is -2.29. The lowest BCUT2D eigenvalue weighted by molar-refractivity contribution is -0.139. The van der Waals surface area contributed by atoms with E-state index in [0.29, 0.717) is 28.6 Å². The molecule has 0 spiro atoms. The molecule has 0 saturated heterocycles. The first-order chi connectivity index (χ1) is 16.1. The number of unbranched alkanes of at least 4 members (excludes halogenated alkanes) is 1. The highest BCUT2D eigenvalue weighted by molar-refractivity contribution is 7.92. The van der Waals surface area contributed by atoms with E-state index in [2.05, 4.69) is 5.32 Å². The van der Waals surface area contributed by atoms with Crippen molar-refractivity contribution in [1.82, 2.24) is 10.2 Å². The molecular formula is C24H32ClN3O5S. The fourth-order valence-corrected chi connectivity index (χ4v) is 4.34. The fourth-order valence-electron chi connectivity index (χ4n) is 3.29. The van der Waals surface area contributed by atoms with Crippen molar-refractivity contribution < 1.29 is 22.7 Å². The average molecular weight is 510 g/mol. The molecular weight excluding hydrogens is 478 g/mol. The Morgan fingerprint density at radius 1 is 1.12 bits per heavy atom. The highest BCUT2D eigenvalue weighted by atomic mass is 35.5. The van der Waals surface area contributed by atoms with Crippen LogP contribution in [-0.2, 0) is 26.2 Å². The third-order valence-corrected chi connectivity index (χ3v) is 6.84. The van der Waals surface area contributed by atoms with Crippen molar-refractivity contribution in [2.45, 2.75) is 39.3 Å². The number of benzene rings is 2. The number of amides is 2. The first-order valence-corrected chi connectivity index (χ1v) is 13.2. The van der Waals surface area contributed by atoms with E-state index < -0.39 is 28.5 Å². The first kappa shape index (κ1) is 27.5. The van der Waals surface area contributed by atoms with Gasteiger partial charge >= 0.3 is 0 Å². The van der Waals surface area contributed by atoms with Crippen LogP contribution in [0.25, 0.3) is 0 Å². The molecule has 0 fully saturated rings. The van der Waals surface area contributed by atoms with Gasteiger partial charge in [0, 0.05) is 18.1 Å². The molecule has 0 heterocycles. The number of nitrogens with zero attached hydrogens (tertiary/aromatic N) is 2. The summed E-state index contributed by atoms with van der Waals surface area (Å²) in [6, 6.07) is 12.5. The molecule has 0 unspecified atom stereocenters. The molecule has 1 atom stereocenters. The van der Waals surface area contributed by atoms with Gasteiger partial charge in [-0.25, -0.2) is 8.42 Å². The van der Waals surface area contributed by atoms with Gasteiger partial charge in [0.25, 0.3) is 0 Å². The standard InChI is InChI=1S/C24H32ClN3O5S/c1-5-6-15-26-24(30)18(2)27(16-19-9-7-8-10-22(19)25)23(29)17-28(34(4,31)32)20-11-13-21(33-3)14-12-20/h7-14,18H,5-6,15-17H2,1-4H3,(H,26,30)/t18-/m0/s1. The molecule has 0 radical (unpaired) electrons. The average Bonchev–Trinajstić information content (AvgIpc) is 2.81.